The van der Waals surface area contributed by atoms with Crippen LogP contribution in [-0.4, -0.2) is 39.3 Å². The van der Waals surface area contributed by atoms with E-state index >= 15 is 0 Å². The summed E-state index contributed by atoms with van der Waals surface area (Å²) < 4.78 is 16.4. The number of carbonyl (C=O) groups is 2. The summed E-state index contributed by atoms with van der Waals surface area (Å²) in [6, 6.07) is 21.2. The molecule has 8 heteroatoms. The molecule has 5 rings (SSSR count). The van der Waals surface area contributed by atoms with Gasteiger partial charge < -0.3 is 24.8 Å². The zero-order valence-corrected chi connectivity index (χ0v) is 24.7. The molecule has 41 heavy (non-hydrogen) atoms. The Balaban J connectivity index is 1.55. The van der Waals surface area contributed by atoms with Gasteiger partial charge in [0.25, 0.3) is 5.91 Å². The number of ether oxygens (including phenoxy) is 3. The van der Waals surface area contributed by atoms with Gasteiger partial charge in [-0.1, -0.05) is 30.3 Å². The Morgan fingerprint density at radius 2 is 1.56 bits per heavy atom. The highest BCUT2D eigenvalue weighted by atomic mass is 32.2. The van der Waals surface area contributed by atoms with Crippen LogP contribution in [0.5, 0.6) is 17.2 Å². The standard InChI is InChI=1S/C33H34N2O5S/c1-19-30(33(37)35-24-8-6-7-9-27(24)38-2)31(20-10-13-23(41-5)14-11-20)32-25(34-19)16-22(17-26(32)36)21-12-15-28(39-3)29(18-21)40-4/h6-15,18,22,31,34H,16-17H2,1-5H3,(H,35,37)/t22-,31-/m0/s1. The van der Waals surface area contributed by atoms with Gasteiger partial charge in [-0.3, -0.25) is 9.59 Å². The maximum atomic E-state index is 14.0. The van der Waals surface area contributed by atoms with Crippen LogP contribution in [0.15, 0.2) is 94.2 Å². The third-order valence-corrected chi connectivity index (χ3v) is 8.50. The highest BCUT2D eigenvalue weighted by Crippen LogP contribution is 2.46. The van der Waals surface area contributed by atoms with Crippen LogP contribution in [0.3, 0.4) is 0 Å². The summed E-state index contributed by atoms with van der Waals surface area (Å²) in [5.74, 6) is 1.04. The Kier molecular flexibility index (Phi) is 8.40. The van der Waals surface area contributed by atoms with Gasteiger partial charge in [-0.15, -0.1) is 11.8 Å². The first kappa shape index (κ1) is 28.4. The van der Waals surface area contributed by atoms with E-state index in [0.29, 0.717) is 46.9 Å². The summed E-state index contributed by atoms with van der Waals surface area (Å²) >= 11 is 1.65. The van der Waals surface area contributed by atoms with E-state index in [1.54, 1.807) is 45.2 Å². The fourth-order valence-corrected chi connectivity index (χ4v) is 6.16. The largest absolute Gasteiger partial charge is 0.495 e. The average Bonchev–Trinajstić information content (AvgIpc) is 3.00. The Morgan fingerprint density at radius 3 is 2.24 bits per heavy atom. The number of methoxy groups -OCH3 is 3. The van der Waals surface area contributed by atoms with Crippen molar-refractivity contribution in [2.75, 3.05) is 32.9 Å². The van der Waals surface area contributed by atoms with Crippen molar-refractivity contribution >= 4 is 29.1 Å². The zero-order valence-electron chi connectivity index (χ0n) is 23.9. The number of ketones is 1. The molecule has 3 aromatic rings. The topological polar surface area (TPSA) is 85.9 Å². The van der Waals surface area contributed by atoms with Crippen LogP contribution in [0.1, 0.15) is 42.7 Å². The zero-order chi connectivity index (χ0) is 29.1. The van der Waals surface area contributed by atoms with Gasteiger partial charge in [-0.05, 0) is 73.0 Å². The lowest BCUT2D eigenvalue weighted by Gasteiger charge is -2.37. The normalized spacial score (nSPS) is 18.4. The molecular weight excluding hydrogens is 536 g/mol. The van der Waals surface area contributed by atoms with E-state index in [-0.39, 0.29) is 17.6 Å². The third-order valence-electron chi connectivity index (χ3n) is 7.76. The van der Waals surface area contributed by atoms with E-state index in [9.17, 15) is 9.59 Å². The van der Waals surface area contributed by atoms with Gasteiger partial charge in [0.05, 0.1) is 27.0 Å². The smallest absolute Gasteiger partial charge is 0.254 e. The number of carbonyl (C=O) groups excluding carboxylic acids is 2. The van der Waals surface area contributed by atoms with E-state index < -0.39 is 5.92 Å². The third kappa shape index (κ3) is 5.57. The molecule has 0 fully saturated rings. The second-order valence-electron chi connectivity index (χ2n) is 10.1. The van der Waals surface area contributed by atoms with Gasteiger partial charge in [0.1, 0.15) is 5.75 Å². The molecule has 1 aliphatic heterocycles. The molecule has 1 aliphatic carbocycles. The minimum atomic E-state index is -0.504. The van der Waals surface area contributed by atoms with Gasteiger partial charge >= 0.3 is 0 Å². The molecule has 0 saturated carbocycles. The summed E-state index contributed by atoms with van der Waals surface area (Å²) in [7, 11) is 4.78. The molecule has 212 valence electrons. The molecule has 0 unspecified atom stereocenters. The van der Waals surface area contributed by atoms with Gasteiger partial charge in [0.15, 0.2) is 17.3 Å². The minimum absolute atomic E-state index is 0.0209. The quantitative estimate of drug-likeness (QED) is 0.302. The van der Waals surface area contributed by atoms with Crippen LogP contribution >= 0.6 is 11.8 Å². The molecule has 0 saturated heterocycles. The average molecular weight is 571 g/mol. The number of allylic oxidation sites excluding steroid dienone is 3. The first-order valence-electron chi connectivity index (χ1n) is 13.4. The molecule has 2 aliphatic rings. The maximum Gasteiger partial charge on any atom is 0.254 e. The molecule has 7 nitrogen and oxygen atoms in total. The monoisotopic (exact) mass is 570 g/mol. The molecule has 3 aromatic carbocycles. The first-order chi connectivity index (χ1) is 19.9. The van der Waals surface area contributed by atoms with Crippen molar-refractivity contribution < 1.29 is 23.8 Å². The van der Waals surface area contributed by atoms with Crippen LogP contribution in [-0.2, 0) is 9.59 Å². The van der Waals surface area contributed by atoms with Crippen molar-refractivity contribution in [3.8, 4) is 17.2 Å². The SMILES string of the molecule is COc1ccccc1NC(=O)C1=C(C)NC2=C(C(=O)C[C@@H](c3ccc(OC)c(OC)c3)C2)[C@H]1c1ccc(SC)cc1. The summed E-state index contributed by atoms with van der Waals surface area (Å²) in [6.07, 6.45) is 2.99. The molecule has 1 heterocycles. The number of thioether (sulfide) groups is 1. The van der Waals surface area contributed by atoms with Crippen molar-refractivity contribution in [1.29, 1.82) is 0 Å². The van der Waals surface area contributed by atoms with Gasteiger partial charge in [-0.25, -0.2) is 0 Å². The van der Waals surface area contributed by atoms with Crippen LogP contribution in [0.2, 0.25) is 0 Å². The van der Waals surface area contributed by atoms with E-state index in [0.717, 1.165) is 27.4 Å². The van der Waals surface area contributed by atoms with Gasteiger partial charge in [0.2, 0.25) is 0 Å². The van der Waals surface area contributed by atoms with Crippen molar-refractivity contribution in [1.82, 2.24) is 5.32 Å². The number of hydrogen-bond acceptors (Lipinski definition) is 7. The Bertz CT molecular complexity index is 1540. The fourth-order valence-electron chi connectivity index (χ4n) is 5.75. The highest BCUT2D eigenvalue weighted by molar-refractivity contribution is 7.98. The van der Waals surface area contributed by atoms with Crippen LogP contribution in [0.25, 0.3) is 0 Å². The van der Waals surface area contributed by atoms with Crippen LogP contribution < -0.4 is 24.8 Å². The molecule has 2 N–H and O–H groups in total. The van der Waals surface area contributed by atoms with Gasteiger partial charge in [0, 0.05) is 39.8 Å². The second-order valence-corrected chi connectivity index (χ2v) is 10.9. The maximum absolute atomic E-state index is 14.0. The number of rotatable bonds is 8. The summed E-state index contributed by atoms with van der Waals surface area (Å²) in [6.45, 7) is 1.90. The number of amides is 1. The lowest BCUT2D eigenvalue weighted by atomic mass is 9.71. The highest BCUT2D eigenvalue weighted by Gasteiger charge is 2.41. The van der Waals surface area contributed by atoms with Crippen LogP contribution in [0.4, 0.5) is 5.69 Å². The molecule has 0 spiro atoms. The van der Waals surface area contributed by atoms with E-state index in [4.69, 9.17) is 14.2 Å². The minimum Gasteiger partial charge on any atom is -0.495 e. The summed E-state index contributed by atoms with van der Waals surface area (Å²) in [4.78, 5) is 29.0. The van der Waals surface area contributed by atoms with Crippen LogP contribution in [0, 0.1) is 0 Å². The number of anilines is 1. The number of hydrogen-bond donors (Lipinski definition) is 2. The molecule has 0 bridgehead atoms. The van der Waals surface area contributed by atoms with E-state index in [2.05, 4.69) is 10.6 Å². The first-order valence-corrected chi connectivity index (χ1v) is 14.6. The summed E-state index contributed by atoms with van der Waals surface area (Å²) in [5, 5.41) is 6.48. The van der Waals surface area contributed by atoms with Crippen molar-refractivity contribution in [2.45, 2.75) is 36.5 Å². The predicted molar refractivity (Wildman–Crippen MR) is 162 cm³/mol. The molecule has 2 atom stereocenters. The van der Waals surface area contributed by atoms with Crippen molar-refractivity contribution in [3.05, 3.63) is 100 Å². The van der Waals surface area contributed by atoms with E-state index in [1.807, 2.05) is 67.8 Å². The second kappa shape index (κ2) is 12.1. The predicted octanol–water partition coefficient (Wildman–Crippen LogP) is 6.43. The number of para-hydroxylation sites is 2. The molecule has 0 radical (unpaired) electrons. The fraction of sp³-hybridized carbons (Fsp3) is 0.273. The number of benzene rings is 3. The Hall–Kier alpha value is -4.17. The Labute approximate surface area is 245 Å². The summed E-state index contributed by atoms with van der Waals surface area (Å²) in [5.41, 5.74) is 5.21. The lowest BCUT2D eigenvalue weighted by Crippen LogP contribution is -2.37. The number of nitrogens with one attached hydrogen (secondary N) is 2. The Morgan fingerprint density at radius 1 is 0.878 bits per heavy atom. The molecular formula is C33H34N2O5S. The molecule has 1 amide bonds. The van der Waals surface area contributed by atoms with Crippen molar-refractivity contribution in [3.63, 3.8) is 0 Å². The number of dihydropyridines is 1. The number of Topliss-reactive ketones (excluding diaryl/α,β-unsaturated/α-hetero) is 1. The lowest BCUT2D eigenvalue weighted by molar-refractivity contribution is -0.116. The van der Waals surface area contributed by atoms with Gasteiger partial charge in [-0.2, -0.15) is 0 Å². The van der Waals surface area contributed by atoms with Crippen molar-refractivity contribution in [2.24, 2.45) is 0 Å². The van der Waals surface area contributed by atoms with E-state index in [1.165, 1.54) is 0 Å². The molecule has 0 aromatic heterocycles.